The molecule has 0 saturated heterocycles. The molecule has 3 aromatic rings. The van der Waals surface area contributed by atoms with E-state index < -0.39 is 11.9 Å². The first kappa shape index (κ1) is 24.9. The van der Waals surface area contributed by atoms with Crippen LogP contribution in [0.2, 0.25) is 0 Å². The fourth-order valence-electron chi connectivity index (χ4n) is 3.65. The van der Waals surface area contributed by atoms with Crippen molar-refractivity contribution in [3.05, 3.63) is 71.7 Å². The maximum Gasteiger partial charge on any atom is 0.227 e. The Balaban J connectivity index is 2.11. The van der Waals surface area contributed by atoms with Gasteiger partial charge in [-0.15, -0.1) is 0 Å². The van der Waals surface area contributed by atoms with Crippen LogP contribution in [-0.4, -0.2) is 52.7 Å². The van der Waals surface area contributed by atoms with Crippen LogP contribution in [-0.2, 0) is 11.3 Å². The molecule has 7 heteroatoms. The quantitative estimate of drug-likeness (QED) is 0.409. The summed E-state index contributed by atoms with van der Waals surface area (Å²) >= 11 is 0. The normalized spacial score (nSPS) is 12.5. The second-order valence-electron chi connectivity index (χ2n) is 8.39. The number of aliphatic hydroxyl groups is 1. The standard InChI is InChI=1S/C26H34FN3O3/c1-5-21(31)17-29(15-16-32-4)18-22-25(19(2)3)28-30(20-11-7-6-8-12-20)26(22)33-24-14-10-9-13-23(24)27/h6-14,19,21,31H,5,15-18H2,1-4H3. The van der Waals surface area contributed by atoms with E-state index >= 15 is 0 Å². The van der Waals surface area contributed by atoms with Gasteiger partial charge >= 0.3 is 0 Å². The summed E-state index contributed by atoms with van der Waals surface area (Å²) in [6.45, 7) is 8.27. The van der Waals surface area contributed by atoms with E-state index in [1.165, 1.54) is 6.07 Å². The van der Waals surface area contributed by atoms with E-state index in [1.807, 2.05) is 37.3 Å². The van der Waals surface area contributed by atoms with Crippen LogP contribution in [0.3, 0.4) is 0 Å². The third kappa shape index (κ3) is 6.41. The van der Waals surface area contributed by atoms with Crippen molar-refractivity contribution < 1.29 is 19.0 Å². The largest absolute Gasteiger partial charge is 0.435 e. The number of hydrogen-bond acceptors (Lipinski definition) is 5. The molecule has 0 bridgehead atoms. The molecule has 0 spiro atoms. The summed E-state index contributed by atoms with van der Waals surface area (Å²) in [5.74, 6) is 0.299. The lowest BCUT2D eigenvalue weighted by Gasteiger charge is -2.25. The highest BCUT2D eigenvalue weighted by Gasteiger charge is 2.26. The summed E-state index contributed by atoms with van der Waals surface area (Å²) in [5.41, 5.74) is 2.57. The van der Waals surface area contributed by atoms with Crippen LogP contribution in [0.15, 0.2) is 54.6 Å². The first-order valence-corrected chi connectivity index (χ1v) is 11.4. The molecule has 0 aliphatic heterocycles. The van der Waals surface area contributed by atoms with Gasteiger partial charge in [-0.3, -0.25) is 4.90 Å². The summed E-state index contributed by atoms with van der Waals surface area (Å²) in [4.78, 5) is 2.13. The molecule has 2 aromatic carbocycles. The lowest BCUT2D eigenvalue weighted by molar-refractivity contribution is 0.0824. The topological polar surface area (TPSA) is 59.8 Å². The molecule has 1 N–H and O–H groups in total. The Hall–Kier alpha value is -2.74. The number of hydrogen-bond donors (Lipinski definition) is 1. The predicted molar refractivity (Wildman–Crippen MR) is 128 cm³/mol. The molecule has 1 unspecified atom stereocenters. The molecule has 0 saturated carbocycles. The minimum absolute atomic E-state index is 0.119. The van der Waals surface area contributed by atoms with Crippen LogP contribution in [0.1, 0.15) is 44.4 Å². The van der Waals surface area contributed by atoms with Gasteiger partial charge in [-0.1, -0.05) is 51.1 Å². The highest BCUT2D eigenvalue weighted by Crippen LogP contribution is 2.35. The Morgan fingerprint density at radius 1 is 1.09 bits per heavy atom. The minimum Gasteiger partial charge on any atom is -0.435 e. The zero-order valence-electron chi connectivity index (χ0n) is 19.9. The SMILES string of the molecule is CCC(O)CN(CCOC)Cc1c(C(C)C)nn(-c2ccccc2)c1Oc1ccccc1F. The Morgan fingerprint density at radius 3 is 2.42 bits per heavy atom. The molecule has 0 fully saturated rings. The van der Waals surface area contributed by atoms with Crippen LogP contribution in [0.25, 0.3) is 5.69 Å². The number of ether oxygens (including phenoxy) is 2. The third-order valence-corrected chi connectivity index (χ3v) is 5.49. The number of halogens is 1. The van der Waals surface area contributed by atoms with Crippen molar-refractivity contribution in [1.29, 1.82) is 0 Å². The zero-order chi connectivity index (χ0) is 23.8. The highest BCUT2D eigenvalue weighted by atomic mass is 19.1. The molecule has 0 aliphatic rings. The molecule has 0 aliphatic carbocycles. The number of nitrogens with zero attached hydrogens (tertiary/aromatic N) is 3. The van der Waals surface area contributed by atoms with Crippen LogP contribution < -0.4 is 4.74 Å². The Kier molecular flexibility index (Phi) is 9.00. The summed E-state index contributed by atoms with van der Waals surface area (Å²) in [7, 11) is 1.66. The Labute approximate surface area is 195 Å². The zero-order valence-corrected chi connectivity index (χ0v) is 19.9. The van der Waals surface area contributed by atoms with E-state index in [1.54, 1.807) is 30.0 Å². The van der Waals surface area contributed by atoms with Crippen molar-refractivity contribution in [1.82, 2.24) is 14.7 Å². The number of benzene rings is 2. The summed E-state index contributed by atoms with van der Waals surface area (Å²) in [6.07, 6.45) is 0.201. The molecule has 1 aromatic heterocycles. The van der Waals surface area contributed by atoms with E-state index in [0.717, 1.165) is 16.9 Å². The molecule has 3 rings (SSSR count). The highest BCUT2D eigenvalue weighted by molar-refractivity contribution is 5.44. The number of aromatic nitrogens is 2. The third-order valence-electron chi connectivity index (χ3n) is 5.49. The smallest absolute Gasteiger partial charge is 0.227 e. The molecule has 0 radical (unpaired) electrons. The molecule has 1 heterocycles. The fraction of sp³-hybridized carbons (Fsp3) is 0.423. The van der Waals surface area contributed by atoms with Gasteiger partial charge in [0.05, 0.1) is 29.7 Å². The van der Waals surface area contributed by atoms with Crippen molar-refractivity contribution in [2.45, 2.75) is 45.8 Å². The van der Waals surface area contributed by atoms with Gasteiger partial charge < -0.3 is 14.6 Å². The molecule has 33 heavy (non-hydrogen) atoms. The minimum atomic E-state index is -0.454. The monoisotopic (exact) mass is 455 g/mol. The van der Waals surface area contributed by atoms with Gasteiger partial charge in [0.2, 0.25) is 5.88 Å². The molecule has 6 nitrogen and oxygen atoms in total. The summed E-state index contributed by atoms with van der Waals surface area (Å²) < 4.78 is 27.8. The lowest BCUT2D eigenvalue weighted by atomic mass is 10.1. The summed E-state index contributed by atoms with van der Waals surface area (Å²) in [5, 5.41) is 15.2. The van der Waals surface area contributed by atoms with E-state index in [0.29, 0.717) is 38.5 Å². The van der Waals surface area contributed by atoms with Gasteiger partial charge in [0.1, 0.15) is 0 Å². The Morgan fingerprint density at radius 2 is 1.79 bits per heavy atom. The van der Waals surface area contributed by atoms with Crippen LogP contribution in [0.5, 0.6) is 11.6 Å². The van der Waals surface area contributed by atoms with Gasteiger partial charge in [-0.25, -0.2) is 9.07 Å². The van der Waals surface area contributed by atoms with Gasteiger partial charge in [0, 0.05) is 26.7 Å². The van der Waals surface area contributed by atoms with Crippen LogP contribution in [0, 0.1) is 5.82 Å². The predicted octanol–water partition coefficient (Wildman–Crippen LogP) is 5.15. The maximum atomic E-state index is 14.5. The van der Waals surface area contributed by atoms with Gasteiger partial charge in [-0.2, -0.15) is 5.10 Å². The Bertz CT molecular complexity index is 1010. The number of rotatable bonds is 12. The van der Waals surface area contributed by atoms with Crippen molar-refractivity contribution in [3.63, 3.8) is 0 Å². The maximum absolute atomic E-state index is 14.5. The number of aliphatic hydroxyl groups excluding tert-OH is 1. The average Bonchev–Trinajstić information content (AvgIpc) is 3.17. The first-order chi connectivity index (χ1) is 15.9. The van der Waals surface area contributed by atoms with Crippen molar-refractivity contribution >= 4 is 0 Å². The number of para-hydroxylation sites is 2. The van der Waals surface area contributed by atoms with Crippen LogP contribution >= 0.6 is 0 Å². The van der Waals surface area contributed by atoms with E-state index in [-0.39, 0.29) is 11.7 Å². The summed E-state index contributed by atoms with van der Waals surface area (Å²) in [6, 6.07) is 16.1. The van der Waals surface area contributed by atoms with Gasteiger partial charge in [0.25, 0.3) is 0 Å². The molecule has 0 amide bonds. The lowest BCUT2D eigenvalue weighted by Crippen LogP contribution is -2.34. The average molecular weight is 456 g/mol. The van der Waals surface area contributed by atoms with E-state index in [2.05, 4.69) is 18.7 Å². The molecular formula is C26H34FN3O3. The van der Waals surface area contributed by atoms with Crippen molar-refractivity contribution in [3.8, 4) is 17.3 Å². The van der Waals surface area contributed by atoms with Crippen LogP contribution in [0.4, 0.5) is 4.39 Å². The van der Waals surface area contributed by atoms with Gasteiger partial charge in [-0.05, 0) is 36.6 Å². The van der Waals surface area contributed by atoms with Crippen molar-refractivity contribution in [2.75, 3.05) is 26.8 Å². The van der Waals surface area contributed by atoms with Crippen molar-refractivity contribution in [2.24, 2.45) is 0 Å². The van der Waals surface area contributed by atoms with E-state index in [4.69, 9.17) is 14.6 Å². The molecule has 1 atom stereocenters. The number of methoxy groups -OCH3 is 1. The molecule has 178 valence electrons. The first-order valence-electron chi connectivity index (χ1n) is 11.4. The second kappa shape index (κ2) is 11.9. The molecular weight excluding hydrogens is 421 g/mol. The van der Waals surface area contributed by atoms with Gasteiger partial charge in [0.15, 0.2) is 11.6 Å². The van der Waals surface area contributed by atoms with E-state index in [9.17, 15) is 9.50 Å². The fourth-order valence-corrected chi connectivity index (χ4v) is 3.65. The second-order valence-corrected chi connectivity index (χ2v) is 8.39.